The molecule has 1 heterocycles. The second kappa shape index (κ2) is 4.01. The molecule has 1 aliphatic heterocycles. The Hall–Kier alpha value is -1.16. The number of fused-ring (bicyclic) bond motifs is 1. The molecule has 1 aromatic carbocycles. The summed E-state index contributed by atoms with van der Waals surface area (Å²) in [6.07, 6.45) is 0.770. The van der Waals surface area contributed by atoms with Gasteiger partial charge in [-0.2, -0.15) is 0 Å². The number of benzene rings is 1. The Morgan fingerprint density at radius 1 is 1.25 bits per heavy atom. The molecule has 1 atom stereocenters. The molecule has 0 fully saturated rings. The number of carbonyl (C=O) groups excluding carboxylic acids is 2. The quantitative estimate of drug-likeness (QED) is 0.782. The fraction of sp³-hybridized carbons (Fsp3) is 0.333. The van der Waals surface area contributed by atoms with Crippen LogP contribution in [0.25, 0.3) is 0 Å². The van der Waals surface area contributed by atoms with Gasteiger partial charge in [0.05, 0.1) is 11.1 Å². The summed E-state index contributed by atoms with van der Waals surface area (Å²) in [5.74, 6) is -0.363. The zero-order valence-electron chi connectivity index (χ0n) is 9.16. The maximum Gasteiger partial charge on any atom is 0.261 e. The lowest BCUT2D eigenvalue weighted by Crippen LogP contribution is -2.37. The van der Waals surface area contributed by atoms with E-state index < -0.39 is 0 Å². The highest BCUT2D eigenvalue weighted by molar-refractivity contribution is 9.10. The topological polar surface area (TPSA) is 37.4 Å². The fourth-order valence-electron chi connectivity index (χ4n) is 1.81. The van der Waals surface area contributed by atoms with Gasteiger partial charge < -0.3 is 0 Å². The van der Waals surface area contributed by atoms with E-state index in [9.17, 15) is 9.59 Å². The van der Waals surface area contributed by atoms with Crippen LogP contribution < -0.4 is 0 Å². The van der Waals surface area contributed by atoms with Crippen molar-refractivity contribution in [3.8, 4) is 0 Å². The van der Waals surface area contributed by atoms with Crippen LogP contribution in [0.2, 0.25) is 0 Å². The molecule has 0 spiro atoms. The van der Waals surface area contributed by atoms with Gasteiger partial charge in [-0.1, -0.05) is 22.9 Å². The van der Waals surface area contributed by atoms with Crippen LogP contribution in [0.5, 0.6) is 0 Å². The van der Waals surface area contributed by atoms with Crippen LogP contribution in [0.4, 0.5) is 0 Å². The van der Waals surface area contributed by atoms with Crippen molar-refractivity contribution in [1.82, 2.24) is 4.90 Å². The van der Waals surface area contributed by atoms with Crippen LogP contribution in [-0.4, -0.2) is 22.8 Å². The number of rotatable bonds is 2. The molecular weight excluding hydrogens is 270 g/mol. The monoisotopic (exact) mass is 281 g/mol. The third kappa shape index (κ3) is 1.57. The summed E-state index contributed by atoms with van der Waals surface area (Å²) in [5, 5.41) is 0. The van der Waals surface area contributed by atoms with Crippen LogP contribution in [-0.2, 0) is 0 Å². The first-order valence-corrected chi connectivity index (χ1v) is 6.03. The van der Waals surface area contributed by atoms with Crippen molar-refractivity contribution >= 4 is 27.7 Å². The third-order valence-electron chi connectivity index (χ3n) is 2.91. The fourth-order valence-corrected chi connectivity index (χ4v) is 2.18. The zero-order valence-corrected chi connectivity index (χ0v) is 10.7. The summed E-state index contributed by atoms with van der Waals surface area (Å²) in [6, 6.07) is 5.13. The van der Waals surface area contributed by atoms with Gasteiger partial charge in [0.1, 0.15) is 0 Å². The van der Waals surface area contributed by atoms with E-state index in [0.29, 0.717) is 11.1 Å². The van der Waals surface area contributed by atoms with Gasteiger partial charge in [-0.25, -0.2) is 0 Å². The highest BCUT2D eigenvalue weighted by Crippen LogP contribution is 2.27. The minimum atomic E-state index is -0.185. The average Bonchev–Trinajstić information content (AvgIpc) is 2.51. The first-order valence-electron chi connectivity index (χ1n) is 5.23. The van der Waals surface area contributed by atoms with E-state index in [1.54, 1.807) is 18.2 Å². The van der Waals surface area contributed by atoms with Crippen LogP contribution >= 0.6 is 15.9 Å². The van der Waals surface area contributed by atoms with Gasteiger partial charge in [0, 0.05) is 10.5 Å². The van der Waals surface area contributed by atoms with E-state index in [2.05, 4.69) is 15.9 Å². The van der Waals surface area contributed by atoms with Gasteiger partial charge in [0.25, 0.3) is 11.8 Å². The van der Waals surface area contributed by atoms with Gasteiger partial charge in [0.15, 0.2) is 0 Å². The highest BCUT2D eigenvalue weighted by atomic mass is 79.9. The molecule has 84 valence electrons. The number of hydrogen-bond donors (Lipinski definition) is 0. The summed E-state index contributed by atoms with van der Waals surface area (Å²) in [6.45, 7) is 3.85. The molecule has 0 saturated heterocycles. The zero-order chi connectivity index (χ0) is 11.9. The third-order valence-corrected chi connectivity index (χ3v) is 3.40. The molecule has 4 heteroatoms. The van der Waals surface area contributed by atoms with E-state index in [0.717, 1.165) is 10.9 Å². The average molecular weight is 282 g/mol. The van der Waals surface area contributed by atoms with Crippen LogP contribution in [0.1, 0.15) is 41.0 Å². The SMILES string of the molecule is CC[C@@H](C)N1C(=O)c2ccc(Br)cc2C1=O. The molecule has 0 radical (unpaired) electrons. The second-order valence-electron chi connectivity index (χ2n) is 3.93. The van der Waals surface area contributed by atoms with Crippen molar-refractivity contribution in [2.24, 2.45) is 0 Å². The van der Waals surface area contributed by atoms with Gasteiger partial charge >= 0.3 is 0 Å². The number of imide groups is 1. The lowest BCUT2D eigenvalue weighted by molar-refractivity contribution is 0.0593. The Morgan fingerprint density at radius 2 is 1.88 bits per heavy atom. The molecule has 0 saturated carbocycles. The predicted molar refractivity (Wildman–Crippen MR) is 64.4 cm³/mol. The van der Waals surface area contributed by atoms with Gasteiger partial charge in [0.2, 0.25) is 0 Å². The smallest absolute Gasteiger partial charge is 0.261 e. The highest BCUT2D eigenvalue weighted by Gasteiger charge is 2.37. The van der Waals surface area contributed by atoms with Gasteiger partial charge in [-0.3, -0.25) is 14.5 Å². The first-order chi connectivity index (χ1) is 7.56. The largest absolute Gasteiger partial charge is 0.272 e. The van der Waals surface area contributed by atoms with Crippen molar-refractivity contribution in [3.63, 3.8) is 0 Å². The maximum absolute atomic E-state index is 12.0. The van der Waals surface area contributed by atoms with Crippen molar-refractivity contribution in [1.29, 1.82) is 0 Å². The summed E-state index contributed by atoms with van der Waals surface area (Å²) in [4.78, 5) is 25.4. The maximum atomic E-state index is 12.0. The molecular formula is C12H12BrNO2. The van der Waals surface area contributed by atoms with Crippen molar-refractivity contribution in [2.75, 3.05) is 0 Å². The lowest BCUT2D eigenvalue weighted by atomic mass is 10.1. The number of hydrogen-bond acceptors (Lipinski definition) is 2. The van der Waals surface area contributed by atoms with Gasteiger partial charge in [-0.15, -0.1) is 0 Å². The molecule has 3 nitrogen and oxygen atoms in total. The van der Waals surface area contributed by atoms with E-state index in [1.807, 2.05) is 13.8 Å². The van der Waals surface area contributed by atoms with Gasteiger partial charge in [-0.05, 0) is 31.5 Å². The molecule has 1 aromatic rings. The van der Waals surface area contributed by atoms with Crippen LogP contribution in [0.3, 0.4) is 0 Å². The lowest BCUT2D eigenvalue weighted by Gasteiger charge is -2.20. The Kier molecular flexibility index (Phi) is 2.84. The Morgan fingerprint density at radius 3 is 2.50 bits per heavy atom. The normalized spacial score (nSPS) is 16.6. The molecule has 0 N–H and O–H groups in total. The van der Waals surface area contributed by atoms with Crippen molar-refractivity contribution in [3.05, 3.63) is 33.8 Å². The van der Waals surface area contributed by atoms with E-state index in [4.69, 9.17) is 0 Å². The van der Waals surface area contributed by atoms with Crippen LogP contribution in [0.15, 0.2) is 22.7 Å². The first kappa shape index (κ1) is 11.3. The van der Waals surface area contributed by atoms with Crippen molar-refractivity contribution in [2.45, 2.75) is 26.3 Å². The minimum Gasteiger partial charge on any atom is -0.272 e. The number of amides is 2. The molecule has 0 aromatic heterocycles. The molecule has 0 aliphatic carbocycles. The summed E-state index contributed by atoms with van der Waals surface area (Å²) >= 11 is 3.30. The number of nitrogens with zero attached hydrogens (tertiary/aromatic N) is 1. The van der Waals surface area contributed by atoms with E-state index in [1.165, 1.54) is 4.90 Å². The van der Waals surface area contributed by atoms with E-state index in [-0.39, 0.29) is 17.9 Å². The summed E-state index contributed by atoms with van der Waals surface area (Å²) < 4.78 is 0.818. The van der Waals surface area contributed by atoms with Crippen molar-refractivity contribution < 1.29 is 9.59 Å². The predicted octanol–water partition coefficient (Wildman–Crippen LogP) is 2.84. The molecule has 1 aliphatic rings. The van der Waals surface area contributed by atoms with E-state index >= 15 is 0 Å². The standard InChI is InChI=1S/C12H12BrNO2/c1-3-7(2)14-11(15)9-5-4-8(13)6-10(9)12(14)16/h4-7H,3H2,1-2H3/t7-/m1/s1. The molecule has 2 rings (SSSR count). The molecule has 2 amide bonds. The Labute approximate surface area is 103 Å². The van der Waals surface area contributed by atoms with Crippen LogP contribution in [0, 0.1) is 0 Å². The summed E-state index contributed by atoms with van der Waals surface area (Å²) in [7, 11) is 0. The molecule has 16 heavy (non-hydrogen) atoms. The Balaban J connectivity index is 2.48. The summed E-state index contributed by atoms with van der Waals surface area (Å²) in [5.41, 5.74) is 1.01. The molecule has 0 bridgehead atoms. The Bertz CT molecular complexity index is 470. The number of carbonyl (C=O) groups is 2. The molecule has 0 unspecified atom stereocenters. The number of halogens is 1. The second-order valence-corrected chi connectivity index (χ2v) is 4.84. The minimum absolute atomic E-state index is 0.0498.